The summed E-state index contributed by atoms with van der Waals surface area (Å²) >= 11 is 0. The number of nitrogens with two attached hydrogens (primary N) is 1. The molecule has 4 heteroatoms. The first-order valence-corrected chi connectivity index (χ1v) is 5.70. The van der Waals surface area contributed by atoms with Crippen molar-refractivity contribution in [1.29, 1.82) is 0 Å². The Morgan fingerprint density at radius 1 is 1.44 bits per heavy atom. The van der Waals surface area contributed by atoms with E-state index in [-0.39, 0.29) is 5.91 Å². The van der Waals surface area contributed by atoms with E-state index in [0.717, 1.165) is 13.1 Å². The number of furan rings is 1. The Balaban J connectivity index is 2.08. The third kappa shape index (κ3) is 1.97. The zero-order valence-corrected chi connectivity index (χ0v) is 9.77. The van der Waals surface area contributed by atoms with Crippen LogP contribution >= 0.6 is 0 Å². The molecule has 88 valence electrons. The van der Waals surface area contributed by atoms with Crippen molar-refractivity contribution >= 4 is 5.91 Å². The normalized spacial score (nSPS) is 25.1. The number of carbonyl (C=O) groups excluding carboxylic acids is 1. The molecule has 1 fully saturated rings. The van der Waals surface area contributed by atoms with E-state index in [9.17, 15) is 4.79 Å². The molecule has 1 aliphatic heterocycles. The molecule has 0 radical (unpaired) electrons. The van der Waals surface area contributed by atoms with Crippen LogP contribution in [0.5, 0.6) is 0 Å². The number of nitrogens with zero attached hydrogens (tertiary/aromatic N) is 1. The van der Waals surface area contributed by atoms with Crippen molar-refractivity contribution < 1.29 is 9.21 Å². The molecule has 1 amide bonds. The smallest absolute Gasteiger partial charge is 0.289 e. The van der Waals surface area contributed by atoms with E-state index in [4.69, 9.17) is 10.2 Å². The number of amides is 1. The first kappa shape index (κ1) is 11.2. The molecule has 0 bridgehead atoms. The lowest BCUT2D eigenvalue weighted by Gasteiger charge is -2.13. The van der Waals surface area contributed by atoms with Gasteiger partial charge in [-0.15, -0.1) is 0 Å². The van der Waals surface area contributed by atoms with Gasteiger partial charge in [0.05, 0.1) is 6.54 Å². The lowest BCUT2D eigenvalue weighted by molar-refractivity contribution is 0.0751. The second-order valence-corrected chi connectivity index (χ2v) is 4.63. The van der Waals surface area contributed by atoms with Crippen molar-refractivity contribution in [3.05, 3.63) is 23.7 Å². The Morgan fingerprint density at radius 2 is 2.06 bits per heavy atom. The Kier molecular flexibility index (Phi) is 3.01. The minimum atomic E-state index is -0.0177. The Morgan fingerprint density at radius 3 is 2.56 bits per heavy atom. The highest BCUT2D eigenvalue weighted by Gasteiger charge is 2.31. The second-order valence-electron chi connectivity index (χ2n) is 4.63. The molecule has 4 nitrogen and oxygen atoms in total. The average molecular weight is 222 g/mol. The number of hydrogen-bond acceptors (Lipinski definition) is 3. The molecule has 16 heavy (non-hydrogen) atoms. The maximum absolute atomic E-state index is 12.1. The SMILES string of the molecule is CC1CN(C(=O)c2ccc(CN)o2)CC1C. The van der Waals surface area contributed by atoms with Gasteiger partial charge < -0.3 is 15.1 Å². The van der Waals surface area contributed by atoms with Gasteiger partial charge in [0, 0.05) is 13.1 Å². The molecule has 1 saturated heterocycles. The third-order valence-electron chi connectivity index (χ3n) is 3.35. The van der Waals surface area contributed by atoms with Gasteiger partial charge in [-0.05, 0) is 24.0 Å². The number of likely N-dealkylation sites (tertiary alicyclic amines) is 1. The van der Waals surface area contributed by atoms with Crippen molar-refractivity contribution in [2.24, 2.45) is 17.6 Å². The van der Waals surface area contributed by atoms with Crippen LogP contribution in [0, 0.1) is 11.8 Å². The summed E-state index contributed by atoms with van der Waals surface area (Å²) in [4.78, 5) is 13.9. The second kappa shape index (κ2) is 4.29. The summed E-state index contributed by atoms with van der Waals surface area (Å²) in [6, 6.07) is 3.47. The summed E-state index contributed by atoms with van der Waals surface area (Å²) in [5.41, 5.74) is 5.44. The highest BCUT2D eigenvalue weighted by Crippen LogP contribution is 2.24. The summed E-state index contributed by atoms with van der Waals surface area (Å²) in [5.74, 6) is 2.17. The van der Waals surface area contributed by atoms with Gasteiger partial charge in [-0.2, -0.15) is 0 Å². The number of carbonyl (C=O) groups is 1. The fourth-order valence-electron chi connectivity index (χ4n) is 2.05. The van der Waals surface area contributed by atoms with Crippen molar-refractivity contribution in [3.63, 3.8) is 0 Å². The molecule has 2 heterocycles. The van der Waals surface area contributed by atoms with Gasteiger partial charge in [0.1, 0.15) is 5.76 Å². The largest absolute Gasteiger partial charge is 0.455 e. The average Bonchev–Trinajstić information content (AvgIpc) is 2.86. The van der Waals surface area contributed by atoms with Crippen molar-refractivity contribution in [2.75, 3.05) is 13.1 Å². The van der Waals surface area contributed by atoms with Crippen LogP contribution in [0.25, 0.3) is 0 Å². The van der Waals surface area contributed by atoms with E-state index in [1.807, 2.05) is 4.90 Å². The van der Waals surface area contributed by atoms with Crippen LogP contribution in [0.4, 0.5) is 0 Å². The zero-order chi connectivity index (χ0) is 11.7. The summed E-state index contributed by atoms with van der Waals surface area (Å²) in [6.07, 6.45) is 0. The van der Waals surface area contributed by atoms with Crippen LogP contribution in [0.1, 0.15) is 30.2 Å². The third-order valence-corrected chi connectivity index (χ3v) is 3.35. The Labute approximate surface area is 95.4 Å². The molecule has 1 aromatic heterocycles. The minimum absolute atomic E-state index is 0.0177. The quantitative estimate of drug-likeness (QED) is 0.824. The summed E-state index contributed by atoms with van der Waals surface area (Å²) in [7, 11) is 0. The van der Waals surface area contributed by atoms with Crippen LogP contribution in [0.3, 0.4) is 0 Å². The molecule has 0 saturated carbocycles. The van der Waals surface area contributed by atoms with Crippen molar-refractivity contribution in [1.82, 2.24) is 4.90 Å². The number of rotatable bonds is 2. The van der Waals surface area contributed by atoms with Crippen LogP contribution < -0.4 is 5.73 Å². The van der Waals surface area contributed by atoms with Crippen LogP contribution in [-0.4, -0.2) is 23.9 Å². The van der Waals surface area contributed by atoms with E-state index >= 15 is 0 Å². The summed E-state index contributed by atoms with van der Waals surface area (Å²) < 4.78 is 5.36. The van der Waals surface area contributed by atoms with E-state index < -0.39 is 0 Å². The Bertz CT molecular complexity index is 376. The molecule has 0 aliphatic carbocycles. The topological polar surface area (TPSA) is 59.5 Å². The molecule has 1 aliphatic rings. The molecular weight excluding hydrogens is 204 g/mol. The summed E-state index contributed by atoms with van der Waals surface area (Å²) in [6.45, 7) is 6.31. The minimum Gasteiger partial charge on any atom is -0.455 e. The van der Waals surface area contributed by atoms with E-state index in [2.05, 4.69) is 13.8 Å². The summed E-state index contributed by atoms with van der Waals surface area (Å²) in [5, 5.41) is 0. The number of hydrogen-bond donors (Lipinski definition) is 1. The van der Waals surface area contributed by atoms with Gasteiger partial charge in [0.25, 0.3) is 5.91 Å². The van der Waals surface area contributed by atoms with E-state index in [1.165, 1.54) is 0 Å². The lowest BCUT2D eigenvalue weighted by Crippen LogP contribution is -2.28. The predicted octanol–water partition coefficient (Wildman–Crippen LogP) is 1.47. The van der Waals surface area contributed by atoms with Crippen LogP contribution in [-0.2, 0) is 6.54 Å². The molecule has 2 unspecified atom stereocenters. The predicted molar refractivity (Wildman–Crippen MR) is 60.8 cm³/mol. The Hall–Kier alpha value is -1.29. The van der Waals surface area contributed by atoms with Gasteiger partial charge in [0.2, 0.25) is 0 Å². The van der Waals surface area contributed by atoms with Crippen molar-refractivity contribution in [2.45, 2.75) is 20.4 Å². The molecule has 0 spiro atoms. The fourth-order valence-corrected chi connectivity index (χ4v) is 2.05. The monoisotopic (exact) mass is 222 g/mol. The van der Waals surface area contributed by atoms with E-state index in [1.54, 1.807) is 12.1 Å². The molecule has 1 aromatic rings. The highest BCUT2D eigenvalue weighted by molar-refractivity contribution is 5.91. The maximum Gasteiger partial charge on any atom is 0.289 e. The fraction of sp³-hybridized carbons (Fsp3) is 0.583. The van der Waals surface area contributed by atoms with E-state index in [0.29, 0.717) is 29.9 Å². The zero-order valence-electron chi connectivity index (χ0n) is 9.77. The standard InChI is InChI=1S/C12H18N2O2/c1-8-6-14(7-9(8)2)12(15)11-4-3-10(5-13)16-11/h3-4,8-9H,5-7,13H2,1-2H3. The molecule has 0 aromatic carbocycles. The molecule has 2 atom stereocenters. The first-order valence-electron chi connectivity index (χ1n) is 5.70. The molecular formula is C12H18N2O2. The molecule has 2 rings (SSSR count). The van der Waals surface area contributed by atoms with Gasteiger partial charge >= 0.3 is 0 Å². The maximum atomic E-state index is 12.1. The van der Waals surface area contributed by atoms with Crippen molar-refractivity contribution in [3.8, 4) is 0 Å². The van der Waals surface area contributed by atoms with Gasteiger partial charge in [-0.25, -0.2) is 0 Å². The van der Waals surface area contributed by atoms with Gasteiger partial charge in [0.15, 0.2) is 5.76 Å². The van der Waals surface area contributed by atoms with Gasteiger partial charge in [-0.1, -0.05) is 13.8 Å². The van der Waals surface area contributed by atoms with Crippen LogP contribution in [0.2, 0.25) is 0 Å². The molecule has 2 N–H and O–H groups in total. The van der Waals surface area contributed by atoms with Crippen LogP contribution in [0.15, 0.2) is 16.5 Å². The lowest BCUT2D eigenvalue weighted by atomic mass is 10.0. The first-order chi connectivity index (χ1) is 7.61. The highest BCUT2D eigenvalue weighted by atomic mass is 16.4. The van der Waals surface area contributed by atoms with Gasteiger partial charge in [-0.3, -0.25) is 4.79 Å².